The summed E-state index contributed by atoms with van der Waals surface area (Å²) in [5.74, 6) is -0.669. The van der Waals surface area contributed by atoms with Gasteiger partial charge in [-0.15, -0.1) is 0 Å². The van der Waals surface area contributed by atoms with Crippen LogP contribution in [0.5, 0.6) is 0 Å². The van der Waals surface area contributed by atoms with Crippen LogP contribution in [-0.2, 0) is 11.3 Å². The van der Waals surface area contributed by atoms with Gasteiger partial charge in [0, 0.05) is 31.4 Å². The number of fused-ring (bicyclic) bond motifs is 1. The summed E-state index contributed by atoms with van der Waals surface area (Å²) in [5, 5.41) is 4.18. The van der Waals surface area contributed by atoms with Crippen molar-refractivity contribution in [1.29, 1.82) is 0 Å². The molecule has 0 aliphatic carbocycles. The lowest BCUT2D eigenvalue weighted by molar-refractivity contribution is -0.118. The summed E-state index contributed by atoms with van der Waals surface area (Å²) in [6.45, 7) is 2.48. The van der Waals surface area contributed by atoms with Gasteiger partial charge in [-0.1, -0.05) is 30.3 Å². The summed E-state index contributed by atoms with van der Waals surface area (Å²) in [5.41, 5.74) is 7.94. The number of carbonyl (C=O) groups excluding carboxylic acids is 2. The van der Waals surface area contributed by atoms with Gasteiger partial charge in [0.15, 0.2) is 5.65 Å². The maximum absolute atomic E-state index is 13.0. The second-order valence-electron chi connectivity index (χ2n) is 5.82. The third-order valence-electron chi connectivity index (χ3n) is 3.87. The van der Waals surface area contributed by atoms with Gasteiger partial charge in [0.2, 0.25) is 5.91 Å². The second kappa shape index (κ2) is 7.12. The number of primary amides is 1. The first-order valence-corrected chi connectivity index (χ1v) is 7.97. The minimum absolute atomic E-state index is 0.101. The normalized spacial score (nSPS) is 10.8. The molecule has 3 rings (SSSR count). The lowest BCUT2D eigenvalue weighted by Crippen LogP contribution is -2.33. The number of carbonyl (C=O) groups is 2. The van der Waals surface area contributed by atoms with Crippen LogP contribution in [0.15, 0.2) is 48.8 Å². The molecule has 3 aromatic rings. The molecule has 0 fully saturated rings. The third kappa shape index (κ3) is 3.82. The van der Waals surface area contributed by atoms with Gasteiger partial charge in [-0.2, -0.15) is 5.10 Å². The molecule has 0 saturated heterocycles. The molecule has 2 amide bonds. The van der Waals surface area contributed by atoms with Crippen molar-refractivity contribution in [2.75, 3.05) is 6.54 Å². The molecule has 0 spiro atoms. The third-order valence-corrected chi connectivity index (χ3v) is 3.87. The van der Waals surface area contributed by atoms with Crippen molar-refractivity contribution in [3.8, 4) is 0 Å². The lowest BCUT2D eigenvalue weighted by atomic mass is 10.2. The Morgan fingerprint density at radius 3 is 2.68 bits per heavy atom. The highest BCUT2D eigenvalue weighted by atomic mass is 16.2. The zero-order chi connectivity index (χ0) is 17.8. The summed E-state index contributed by atoms with van der Waals surface area (Å²) in [6, 6.07) is 11.4. The highest BCUT2D eigenvalue weighted by Crippen LogP contribution is 2.15. The molecule has 0 saturated carbocycles. The van der Waals surface area contributed by atoms with E-state index in [1.165, 1.54) is 6.20 Å². The van der Waals surface area contributed by atoms with E-state index in [9.17, 15) is 9.59 Å². The number of amides is 2. The van der Waals surface area contributed by atoms with E-state index in [0.29, 0.717) is 17.8 Å². The summed E-state index contributed by atoms with van der Waals surface area (Å²) in [6.07, 6.45) is 3.37. The standard InChI is InChI=1S/C18H19N5O2/c1-13-7-10-23-17(21-13)15(11-20-23)18(25)22(9-8-16(19)24)12-14-5-3-2-4-6-14/h2-7,10-11H,8-9,12H2,1H3,(H2,19,24). The van der Waals surface area contributed by atoms with Crippen LogP contribution in [0.25, 0.3) is 5.65 Å². The maximum atomic E-state index is 13.0. The van der Waals surface area contributed by atoms with E-state index >= 15 is 0 Å². The van der Waals surface area contributed by atoms with Crippen molar-refractivity contribution in [3.63, 3.8) is 0 Å². The average molecular weight is 337 g/mol. The number of nitrogens with two attached hydrogens (primary N) is 1. The number of nitrogens with zero attached hydrogens (tertiary/aromatic N) is 4. The van der Waals surface area contributed by atoms with Gasteiger partial charge in [-0.05, 0) is 18.6 Å². The molecule has 0 aliphatic rings. The minimum atomic E-state index is -0.445. The lowest BCUT2D eigenvalue weighted by Gasteiger charge is -2.22. The van der Waals surface area contributed by atoms with E-state index in [1.54, 1.807) is 15.6 Å². The molecule has 1 aromatic carbocycles. The van der Waals surface area contributed by atoms with Gasteiger partial charge in [-0.3, -0.25) is 9.59 Å². The Bertz CT molecular complexity index is 904. The molecule has 2 N–H and O–H groups in total. The van der Waals surface area contributed by atoms with Gasteiger partial charge in [0.1, 0.15) is 5.56 Å². The van der Waals surface area contributed by atoms with Crippen molar-refractivity contribution >= 4 is 17.5 Å². The molecular weight excluding hydrogens is 318 g/mol. The fourth-order valence-corrected chi connectivity index (χ4v) is 2.58. The summed E-state index contributed by atoms with van der Waals surface area (Å²) in [7, 11) is 0. The van der Waals surface area contributed by atoms with Crippen LogP contribution in [0.3, 0.4) is 0 Å². The van der Waals surface area contributed by atoms with Crippen LogP contribution in [0.1, 0.15) is 28.0 Å². The highest BCUT2D eigenvalue weighted by Gasteiger charge is 2.21. The largest absolute Gasteiger partial charge is 0.370 e. The molecule has 0 bridgehead atoms. The van der Waals surface area contributed by atoms with Gasteiger partial charge < -0.3 is 10.6 Å². The molecule has 0 aliphatic heterocycles. The minimum Gasteiger partial charge on any atom is -0.370 e. The first kappa shape index (κ1) is 16.6. The Balaban J connectivity index is 1.91. The Morgan fingerprint density at radius 2 is 1.96 bits per heavy atom. The monoisotopic (exact) mass is 337 g/mol. The second-order valence-corrected chi connectivity index (χ2v) is 5.82. The Hall–Kier alpha value is -3.22. The number of aromatic nitrogens is 3. The van der Waals surface area contributed by atoms with Crippen molar-refractivity contribution in [2.24, 2.45) is 5.73 Å². The summed E-state index contributed by atoms with van der Waals surface area (Å²) >= 11 is 0. The molecule has 128 valence electrons. The van der Waals surface area contributed by atoms with Gasteiger partial charge in [0.05, 0.1) is 6.20 Å². The molecule has 0 radical (unpaired) electrons. The first-order valence-electron chi connectivity index (χ1n) is 7.97. The van der Waals surface area contributed by atoms with E-state index in [1.807, 2.05) is 43.3 Å². The fourth-order valence-electron chi connectivity index (χ4n) is 2.58. The van der Waals surface area contributed by atoms with Crippen LogP contribution in [0.4, 0.5) is 0 Å². The SMILES string of the molecule is Cc1ccn2ncc(C(=O)N(CCC(N)=O)Cc3ccccc3)c2n1. The Kier molecular flexibility index (Phi) is 4.74. The summed E-state index contributed by atoms with van der Waals surface area (Å²) < 4.78 is 1.56. The van der Waals surface area contributed by atoms with E-state index < -0.39 is 5.91 Å². The van der Waals surface area contributed by atoms with Crippen molar-refractivity contribution in [2.45, 2.75) is 19.9 Å². The van der Waals surface area contributed by atoms with E-state index in [0.717, 1.165) is 11.3 Å². The molecule has 7 heteroatoms. The van der Waals surface area contributed by atoms with Crippen molar-refractivity contribution < 1.29 is 9.59 Å². The van der Waals surface area contributed by atoms with Gasteiger partial charge in [0.25, 0.3) is 5.91 Å². The molecule has 0 unspecified atom stereocenters. The first-order chi connectivity index (χ1) is 12.0. The number of hydrogen-bond acceptors (Lipinski definition) is 4. The molecule has 2 heterocycles. The zero-order valence-corrected chi connectivity index (χ0v) is 13.9. The maximum Gasteiger partial charge on any atom is 0.259 e. The molecule has 25 heavy (non-hydrogen) atoms. The van der Waals surface area contributed by atoms with E-state index in [-0.39, 0.29) is 18.9 Å². The van der Waals surface area contributed by atoms with Gasteiger partial charge >= 0.3 is 0 Å². The predicted octanol–water partition coefficient (Wildman–Crippen LogP) is 1.56. The molecule has 0 atom stereocenters. The van der Waals surface area contributed by atoms with Crippen LogP contribution in [0.2, 0.25) is 0 Å². The van der Waals surface area contributed by atoms with Crippen molar-refractivity contribution in [3.05, 3.63) is 65.6 Å². The Morgan fingerprint density at radius 1 is 1.20 bits per heavy atom. The molecule has 7 nitrogen and oxygen atoms in total. The van der Waals surface area contributed by atoms with Crippen LogP contribution in [0, 0.1) is 6.92 Å². The summed E-state index contributed by atoms with van der Waals surface area (Å²) in [4.78, 5) is 30.2. The molecular formula is C18H19N5O2. The van der Waals surface area contributed by atoms with Crippen LogP contribution in [-0.4, -0.2) is 37.9 Å². The van der Waals surface area contributed by atoms with Crippen LogP contribution >= 0.6 is 0 Å². The zero-order valence-electron chi connectivity index (χ0n) is 13.9. The molecule has 2 aromatic heterocycles. The van der Waals surface area contributed by atoms with E-state index in [2.05, 4.69) is 10.1 Å². The van der Waals surface area contributed by atoms with Crippen molar-refractivity contribution in [1.82, 2.24) is 19.5 Å². The topological polar surface area (TPSA) is 93.6 Å². The average Bonchev–Trinajstić information content (AvgIpc) is 3.01. The number of rotatable bonds is 6. The highest BCUT2D eigenvalue weighted by molar-refractivity contribution is 5.99. The number of hydrogen-bond donors (Lipinski definition) is 1. The number of aryl methyl sites for hydroxylation is 1. The predicted molar refractivity (Wildman–Crippen MR) is 92.7 cm³/mol. The Labute approximate surface area is 145 Å². The smallest absolute Gasteiger partial charge is 0.259 e. The fraction of sp³-hybridized carbons (Fsp3) is 0.222. The number of benzene rings is 1. The van der Waals surface area contributed by atoms with E-state index in [4.69, 9.17) is 5.73 Å². The van der Waals surface area contributed by atoms with Gasteiger partial charge in [-0.25, -0.2) is 9.50 Å². The van der Waals surface area contributed by atoms with Crippen LogP contribution < -0.4 is 5.73 Å². The quantitative estimate of drug-likeness (QED) is 0.738.